The highest BCUT2D eigenvalue weighted by molar-refractivity contribution is 6.09. The van der Waals surface area contributed by atoms with Crippen molar-refractivity contribution in [2.45, 2.75) is 63.2 Å². The quantitative estimate of drug-likeness (QED) is 0.155. The monoisotopic (exact) mass is 824 g/mol. The molecule has 3 bridgehead atoms. The van der Waals surface area contributed by atoms with Crippen molar-refractivity contribution in [3.8, 4) is 39.1 Å². The minimum atomic E-state index is -0.167. The summed E-state index contributed by atoms with van der Waals surface area (Å²) < 4.78 is 2.40. The zero-order chi connectivity index (χ0) is 42.4. The normalized spacial score (nSPS) is 24.1. The molecule has 1 spiro atoms. The van der Waals surface area contributed by atoms with Gasteiger partial charge in [-0.25, -0.2) is 0 Å². The fourth-order valence-corrected chi connectivity index (χ4v) is 14.6. The van der Waals surface area contributed by atoms with Gasteiger partial charge in [0.25, 0.3) is 0 Å². The molecule has 0 amide bonds. The Morgan fingerprint density at radius 1 is 0.469 bits per heavy atom. The fraction of sp³-hybridized carbons (Fsp3) is 0.226. The third-order valence-corrected chi connectivity index (χ3v) is 17.4. The molecule has 4 saturated carbocycles. The molecule has 0 aliphatic heterocycles. The lowest BCUT2D eigenvalue weighted by Gasteiger charge is -2.49. The third kappa shape index (κ3) is 5.14. The molecule has 1 heterocycles. The third-order valence-electron chi connectivity index (χ3n) is 17.4. The van der Waals surface area contributed by atoms with E-state index >= 15 is 0 Å². The van der Waals surface area contributed by atoms with Gasteiger partial charge < -0.3 is 9.47 Å². The molecule has 5 aliphatic rings. The number of hydrogen-bond donors (Lipinski definition) is 0. The first-order valence-corrected chi connectivity index (χ1v) is 23.8. The lowest BCUT2D eigenvalue weighted by atomic mass is 9.55. The van der Waals surface area contributed by atoms with Gasteiger partial charge in [0.05, 0.1) is 11.0 Å². The van der Waals surface area contributed by atoms with E-state index in [2.05, 4.69) is 211 Å². The van der Waals surface area contributed by atoms with E-state index in [1.54, 1.807) is 5.56 Å². The van der Waals surface area contributed by atoms with E-state index in [1.807, 2.05) is 0 Å². The molecular weight excluding hydrogens is 773 g/mol. The Labute approximate surface area is 376 Å². The zero-order valence-electron chi connectivity index (χ0n) is 36.8. The van der Waals surface area contributed by atoms with Crippen LogP contribution in [0.3, 0.4) is 0 Å². The van der Waals surface area contributed by atoms with E-state index in [4.69, 9.17) is 0 Å². The average Bonchev–Trinajstić information content (AvgIpc) is 3.93. The molecule has 0 N–H and O–H groups in total. The Kier molecular flexibility index (Phi) is 7.60. The number of benzene rings is 8. The van der Waals surface area contributed by atoms with Crippen LogP contribution >= 0.6 is 0 Å². The Bertz CT molecular complexity index is 3260. The van der Waals surface area contributed by atoms with Gasteiger partial charge in [-0.05, 0) is 184 Å². The number of nitrogens with zero attached hydrogens (tertiary/aromatic N) is 2. The number of rotatable bonds is 7. The highest BCUT2D eigenvalue weighted by atomic mass is 15.1. The van der Waals surface area contributed by atoms with Crippen LogP contribution in [0.1, 0.15) is 69.1 Å². The second kappa shape index (κ2) is 13.2. The van der Waals surface area contributed by atoms with E-state index in [9.17, 15) is 0 Å². The SMILES string of the molecule is CC1(C)c2cc(-c3ccc(C45CC6CC7CC(C4)C7(C6)C5)cc3)ccc2-c2ccc(N(c3ccc(-c4ccccc4)cc3)c3ccc(-n4c5ccccc5c5ccccc54)cc3)cc21. The smallest absolute Gasteiger partial charge is 0.0541 e. The molecule has 310 valence electrons. The summed E-state index contributed by atoms with van der Waals surface area (Å²) in [6.45, 7) is 4.84. The van der Waals surface area contributed by atoms with Gasteiger partial charge in [0.1, 0.15) is 0 Å². The molecule has 64 heavy (non-hydrogen) atoms. The van der Waals surface area contributed by atoms with Gasteiger partial charge in [0.2, 0.25) is 0 Å². The molecular formula is C62H52N2. The number of fused-ring (bicyclic) bond motifs is 8. The number of anilines is 3. The number of aromatic nitrogens is 1. The van der Waals surface area contributed by atoms with E-state index in [1.165, 1.54) is 105 Å². The minimum Gasteiger partial charge on any atom is -0.310 e. The zero-order valence-corrected chi connectivity index (χ0v) is 36.8. The molecule has 5 aliphatic carbocycles. The molecule has 2 nitrogen and oxygen atoms in total. The van der Waals surface area contributed by atoms with Gasteiger partial charge in [-0.1, -0.05) is 135 Å². The molecule has 5 atom stereocenters. The maximum absolute atomic E-state index is 2.52. The van der Waals surface area contributed by atoms with Crippen LogP contribution in [0.5, 0.6) is 0 Å². The summed E-state index contributed by atoms with van der Waals surface area (Å²) in [5.74, 6) is 3.01. The Hall–Kier alpha value is -6.64. The maximum Gasteiger partial charge on any atom is 0.0541 e. The van der Waals surface area contributed by atoms with Crippen LogP contribution in [-0.4, -0.2) is 4.57 Å². The first-order valence-electron chi connectivity index (χ1n) is 23.8. The second-order valence-electron chi connectivity index (χ2n) is 20.9. The van der Waals surface area contributed by atoms with Crippen LogP contribution in [0.15, 0.2) is 188 Å². The molecule has 8 aromatic carbocycles. The van der Waals surface area contributed by atoms with Crippen LogP contribution in [0.25, 0.3) is 60.9 Å². The summed E-state index contributed by atoms with van der Waals surface area (Å²) in [6.07, 6.45) is 8.90. The summed E-state index contributed by atoms with van der Waals surface area (Å²) in [6, 6.07) is 70.8. The molecule has 5 unspecified atom stereocenters. The van der Waals surface area contributed by atoms with Crippen molar-refractivity contribution in [3.63, 3.8) is 0 Å². The first kappa shape index (κ1) is 36.8. The van der Waals surface area contributed by atoms with Gasteiger partial charge >= 0.3 is 0 Å². The van der Waals surface area contributed by atoms with Crippen molar-refractivity contribution in [1.29, 1.82) is 0 Å². The largest absolute Gasteiger partial charge is 0.310 e. The maximum atomic E-state index is 2.52. The average molecular weight is 825 g/mol. The van der Waals surface area contributed by atoms with Crippen molar-refractivity contribution >= 4 is 38.9 Å². The summed E-state index contributed by atoms with van der Waals surface area (Å²) in [4.78, 5) is 2.43. The first-order chi connectivity index (χ1) is 31.4. The molecule has 0 saturated heterocycles. The second-order valence-corrected chi connectivity index (χ2v) is 20.9. The summed E-state index contributed by atoms with van der Waals surface area (Å²) in [5, 5.41) is 2.55. The van der Waals surface area contributed by atoms with Crippen molar-refractivity contribution < 1.29 is 0 Å². The van der Waals surface area contributed by atoms with Crippen LogP contribution in [0.4, 0.5) is 17.1 Å². The van der Waals surface area contributed by atoms with Crippen molar-refractivity contribution in [1.82, 2.24) is 4.57 Å². The van der Waals surface area contributed by atoms with E-state index in [-0.39, 0.29) is 5.41 Å². The Morgan fingerprint density at radius 3 is 1.75 bits per heavy atom. The van der Waals surface area contributed by atoms with Gasteiger partial charge in [-0.15, -0.1) is 0 Å². The Morgan fingerprint density at radius 2 is 1.03 bits per heavy atom. The highest BCUT2D eigenvalue weighted by Gasteiger charge is 2.70. The van der Waals surface area contributed by atoms with Gasteiger partial charge in [0.15, 0.2) is 0 Å². The predicted molar refractivity (Wildman–Crippen MR) is 266 cm³/mol. The molecule has 2 heteroatoms. The minimum absolute atomic E-state index is 0.167. The van der Waals surface area contributed by atoms with Crippen molar-refractivity contribution in [3.05, 3.63) is 205 Å². The van der Waals surface area contributed by atoms with Gasteiger partial charge in [0, 0.05) is 38.9 Å². The number of hydrogen-bond acceptors (Lipinski definition) is 1. The van der Waals surface area contributed by atoms with Crippen LogP contribution in [-0.2, 0) is 10.8 Å². The van der Waals surface area contributed by atoms with Crippen LogP contribution < -0.4 is 4.90 Å². The number of para-hydroxylation sites is 2. The van der Waals surface area contributed by atoms with E-state index in [0.717, 1.165) is 40.5 Å². The fourth-order valence-electron chi connectivity index (χ4n) is 14.6. The molecule has 9 aromatic rings. The lowest BCUT2D eigenvalue weighted by molar-refractivity contribution is -0.000160. The molecule has 4 fully saturated rings. The van der Waals surface area contributed by atoms with E-state index in [0.29, 0.717) is 10.8 Å². The van der Waals surface area contributed by atoms with Crippen molar-refractivity contribution in [2.24, 2.45) is 23.2 Å². The van der Waals surface area contributed by atoms with Crippen LogP contribution in [0, 0.1) is 23.2 Å². The standard InChI is InChI=1S/C62H52N2/c1-60(2)56-33-44(43-16-21-45(22-17-43)61-36-40-32-46-34-47(38-61)62(46,37-40)39-61)20-30-52(56)53-31-29-51(35-57(53)60)63(48-23-18-42(19-24-48)41-10-4-3-5-11-41)49-25-27-50(28-26-49)64-58-14-8-6-12-54(58)55-13-7-9-15-59(55)64/h3-31,33,35,40,46-47H,32,34,36-39H2,1-2H3. The predicted octanol–water partition coefficient (Wildman–Crippen LogP) is 16.4. The van der Waals surface area contributed by atoms with E-state index < -0.39 is 0 Å². The van der Waals surface area contributed by atoms with Gasteiger partial charge in [-0.2, -0.15) is 0 Å². The highest BCUT2D eigenvalue weighted by Crippen LogP contribution is 2.79. The summed E-state index contributed by atoms with van der Waals surface area (Å²) >= 11 is 0. The molecule has 14 rings (SSSR count). The topological polar surface area (TPSA) is 8.17 Å². The molecule has 1 aromatic heterocycles. The summed E-state index contributed by atoms with van der Waals surface area (Å²) in [7, 11) is 0. The molecule has 0 radical (unpaired) electrons. The van der Waals surface area contributed by atoms with Gasteiger partial charge in [-0.3, -0.25) is 0 Å². The lowest BCUT2D eigenvalue weighted by Crippen LogP contribution is -2.42. The van der Waals surface area contributed by atoms with Crippen molar-refractivity contribution in [2.75, 3.05) is 4.90 Å². The van der Waals surface area contributed by atoms with Crippen LogP contribution in [0.2, 0.25) is 0 Å². The summed E-state index contributed by atoms with van der Waals surface area (Å²) in [5.41, 5.74) is 20.2. The Balaban J connectivity index is 0.820.